The molecule has 3 heteroatoms. The van der Waals surface area contributed by atoms with Gasteiger partial charge in [-0.15, -0.1) is 0 Å². The van der Waals surface area contributed by atoms with Crippen molar-refractivity contribution >= 4 is 8.22 Å². The minimum Gasteiger partial charge on any atom is -0.265 e. The van der Waals surface area contributed by atoms with Crippen molar-refractivity contribution in [3.05, 3.63) is 0 Å². The van der Waals surface area contributed by atoms with Crippen LogP contribution in [0.4, 0.5) is 0 Å². The third-order valence-electron chi connectivity index (χ3n) is 3.07. The summed E-state index contributed by atoms with van der Waals surface area (Å²) < 4.78 is 5.47. The summed E-state index contributed by atoms with van der Waals surface area (Å²) in [6.45, 7) is 21.0. The lowest BCUT2D eigenvalue weighted by atomic mass is 10.3. The molecule has 0 aromatic rings. The molecule has 0 spiro atoms. The predicted molar refractivity (Wildman–Crippen MR) is 86.3 cm³/mol. The number of rotatable bonds is 8. The van der Waals surface area contributed by atoms with Gasteiger partial charge >= 0.3 is 0 Å². The molecule has 0 rings (SSSR count). The van der Waals surface area contributed by atoms with E-state index in [0.29, 0.717) is 24.2 Å². The molecule has 2 nitrogen and oxygen atoms in total. The summed E-state index contributed by atoms with van der Waals surface area (Å²) in [5, 5.41) is 0. The van der Waals surface area contributed by atoms with Gasteiger partial charge in [-0.25, -0.2) is 0 Å². The zero-order chi connectivity index (χ0) is 14.5. The van der Waals surface area contributed by atoms with Crippen molar-refractivity contribution in [3.63, 3.8) is 0 Å². The lowest BCUT2D eigenvalue weighted by Crippen LogP contribution is -2.43. The van der Waals surface area contributed by atoms with Crippen molar-refractivity contribution in [1.82, 2.24) is 9.34 Å². The van der Waals surface area contributed by atoms with Crippen LogP contribution >= 0.6 is 8.22 Å². The fraction of sp³-hybridized carbons (Fsp3) is 1.00. The Balaban J connectivity index is 5.22. The van der Waals surface area contributed by atoms with E-state index >= 15 is 0 Å². The lowest BCUT2D eigenvalue weighted by Gasteiger charge is -2.47. The van der Waals surface area contributed by atoms with Crippen LogP contribution in [0.1, 0.15) is 68.7 Å². The molecule has 0 N–H and O–H groups in total. The van der Waals surface area contributed by atoms with E-state index in [9.17, 15) is 0 Å². The summed E-state index contributed by atoms with van der Waals surface area (Å²) in [5.74, 6) is 0. The third kappa shape index (κ3) is 5.15. The molecule has 0 fully saturated rings. The Kier molecular flexibility index (Phi) is 8.67. The van der Waals surface area contributed by atoms with E-state index in [2.05, 4.69) is 71.7 Å². The third-order valence-corrected chi connectivity index (χ3v) is 6.83. The van der Waals surface area contributed by atoms with Gasteiger partial charge in [-0.3, -0.25) is 9.34 Å². The van der Waals surface area contributed by atoms with Crippen LogP contribution < -0.4 is 0 Å². The first-order valence-corrected chi connectivity index (χ1v) is 9.01. The number of nitrogens with zero attached hydrogens (tertiary/aromatic N) is 2. The van der Waals surface area contributed by atoms with Gasteiger partial charge in [-0.2, -0.15) is 0 Å². The topological polar surface area (TPSA) is 6.48 Å². The van der Waals surface area contributed by atoms with Gasteiger partial charge in [-0.1, -0.05) is 6.92 Å². The van der Waals surface area contributed by atoms with E-state index < -0.39 is 0 Å². The Hall–Kier alpha value is 0.350. The van der Waals surface area contributed by atoms with Crippen molar-refractivity contribution in [2.45, 2.75) is 92.9 Å². The second-order valence-corrected chi connectivity index (χ2v) is 8.35. The first-order valence-electron chi connectivity index (χ1n) is 7.57. The molecule has 0 aliphatic carbocycles. The molecule has 0 aliphatic heterocycles. The lowest BCUT2D eigenvalue weighted by molar-refractivity contribution is 0.256. The van der Waals surface area contributed by atoms with E-state index in [1.807, 2.05) is 0 Å². The van der Waals surface area contributed by atoms with E-state index in [4.69, 9.17) is 0 Å². The van der Waals surface area contributed by atoms with Gasteiger partial charge in [0, 0.05) is 32.4 Å². The highest BCUT2D eigenvalue weighted by Crippen LogP contribution is 2.49. The summed E-state index contributed by atoms with van der Waals surface area (Å²) >= 11 is 0. The van der Waals surface area contributed by atoms with Crippen LogP contribution in [0.15, 0.2) is 0 Å². The first kappa shape index (κ1) is 18.4. The van der Waals surface area contributed by atoms with E-state index in [-0.39, 0.29) is 8.22 Å². The van der Waals surface area contributed by atoms with Crippen LogP contribution in [0, 0.1) is 0 Å². The van der Waals surface area contributed by atoms with Gasteiger partial charge in [0.2, 0.25) is 0 Å². The number of hydrogen-bond acceptors (Lipinski definition) is 2. The second kappa shape index (κ2) is 8.51. The van der Waals surface area contributed by atoms with E-state index in [1.54, 1.807) is 0 Å². The second-order valence-electron chi connectivity index (χ2n) is 6.23. The molecule has 0 aromatic heterocycles. The highest BCUT2D eigenvalue weighted by atomic mass is 31.1. The van der Waals surface area contributed by atoms with E-state index in [0.717, 1.165) is 0 Å². The monoisotopic (exact) mass is 274 g/mol. The van der Waals surface area contributed by atoms with Crippen LogP contribution in [0.2, 0.25) is 0 Å². The molecule has 0 bridgehead atoms. The van der Waals surface area contributed by atoms with Gasteiger partial charge in [0.05, 0.1) is 0 Å². The average molecular weight is 274 g/mol. The Morgan fingerprint density at radius 3 is 1.11 bits per heavy atom. The van der Waals surface area contributed by atoms with E-state index in [1.165, 1.54) is 12.6 Å². The molecule has 0 amide bonds. The largest absolute Gasteiger partial charge is 0.265 e. The van der Waals surface area contributed by atoms with Crippen LogP contribution in [-0.2, 0) is 0 Å². The summed E-state index contributed by atoms with van der Waals surface area (Å²) in [4.78, 5) is 0. The molecule has 0 radical (unpaired) electrons. The fourth-order valence-electron chi connectivity index (χ4n) is 2.81. The van der Waals surface area contributed by atoms with Crippen molar-refractivity contribution in [3.8, 4) is 0 Å². The Bertz CT molecular complexity index is 179. The fourth-order valence-corrected chi connectivity index (χ4v) is 6.04. The standard InChI is InChI=1S/C15H35N2P/c1-10-11-18(16(12(2)3)13(4)5)17(14(6)7)15(8)9/h12-15H,10-11H2,1-9H3. The maximum absolute atomic E-state index is 2.73. The number of hydrogen-bond donors (Lipinski definition) is 0. The summed E-state index contributed by atoms with van der Waals surface area (Å²) in [6, 6.07) is 2.51. The molecule has 0 heterocycles. The van der Waals surface area contributed by atoms with Gasteiger partial charge in [0.25, 0.3) is 0 Å². The molecule has 0 saturated heterocycles. The van der Waals surface area contributed by atoms with Crippen LogP contribution in [-0.4, -0.2) is 39.7 Å². The highest BCUT2D eigenvalue weighted by Gasteiger charge is 2.31. The zero-order valence-electron chi connectivity index (χ0n) is 14.1. The van der Waals surface area contributed by atoms with Crippen LogP contribution in [0.3, 0.4) is 0 Å². The van der Waals surface area contributed by atoms with Crippen molar-refractivity contribution < 1.29 is 0 Å². The van der Waals surface area contributed by atoms with Crippen molar-refractivity contribution in [1.29, 1.82) is 0 Å². The van der Waals surface area contributed by atoms with Crippen LogP contribution in [0.25, 0.3) is 0 Å². The van der Waals surface area contributed by atoms with Gasteiger partial charge in [0.1, 0.15) is 0 Å². The minimum absolute atomic E-state index is 0.179. The smallest absolute Gasteiger partial charge is 0.0404 e. The Labute approximate surface area is 117 Å². The molecule has 0 aromatic carbocycles. The highest BCUT2D eigenvalue weighted by molar-refractivity contribution is 7.52. The zero-order valence-corrected chi connectivity index (χ0v) is 15.0. The van der Waals surface area contributed by atoms with Gasteiger partial charge in [0.15, 0.2) is 0 Å². The van der Waals surface area contributed by atoms with Gasteiger partial charge < -0.3 is 0 Å². The maximum atomic E-state index is 2.73. The average Bonchev–Trinajstić information content (AvgIpc) is 2.14. The molecule has 0 saturated carbocycles. The Morgan fingerprint density at radius 1 is 0.667 bits per heavy atom. The molecular weight excluding hydrogens is 239 g/mol. The maximum Gasteiger partial charge on any atom is 0.0404 e. The summed E-state index contributed by atoms with van der Waals surface area (Å²) in [5.41, 5.74) is 0. The first-order chi connectivity index (χ1) is 8.23. The molecule has 0 atom stereocenters. The normalized spacial score (nSPS) is 13.3. The Morgan fingerprint density at radius 2 is 0.944 bits per heavy atom. The van der Waals surface area contributed by atoms with Crippen molar-refractivity contribution in [2.75, 3.05) is 6.16 Å². The molecule has 110 valence electrons. The minimum atomic E-state index is -0.179. The molecular formula is C15H35N2P. The van der Waals surface area contributed by atoms with Crippen LogP contribution in [0.5, 0.6) is 0 Å². The molecule has 0 aliphatic rings. The predicted octanol–water partition coefficient (Wildman–Crippen LogP) is 4.95. The quantitative estimate of drug-likeness (QED) is 0.578. The molecule has 18 heavy (non-hydrogen) atoms. The SMILES string of the molecule is CCCP(N(C(C)C)C(C)C)N(C(C)C)C(C)C. The summed E-state index contributed by atoms with van der Waals surface area (Å²) in [6.07, 6.45) is 2.60. The van der Waals surface area contributed by atoms with Crippen molar-refractivity contribution in [2.24, 2.45) is 0 Å². The summed E-state index contributed by atoms with van der Waals surface area (Å²) in [7, 11) is -0.179. The van der Waals surface area contributed by atoms with Gasteiger partial charge in [-0.05, 0) is 68.0 Å². The molecule has 0 unspecified atom stereocenters.